The predicted octanol–water partition coefficient (Wildman–Crippen LogP) is 4.20. The zero-order valence-corrected chi connectivity index (χ0v) is 18.1. The summed E-state index contributed by atoms with van der Waals surface area (Å²) in [4.78, 5) is 14.2. The molecule has 156 valence electrons. The van der Waals surface area contributed by atoms with Crippen LogP contribution in [0.1, 0.15) is 35.1 Å². The normalized spacial score (nSPS) is 20.1. The van der Waals surface area contributed by atoms with Gasteiger partial charge in [0.1, 0.15) is 22.8 Å². The number of benzene rings is 1. The van der Waals surface area contributed by atoms with E-state index in [1.165, 1.54) is 23.9 Å². The molecule has 3 rings (SSSR count). The first-order valence-corrected chi connectivity index (χ1v) is 10.8. The van der Waals surface area contributed by atoms with E-state index in [9.17, 15) is 13.6 Å². The Kier molecular flexibility index (Phi) is 6.72. The monoisotopic (exact) mass is 439 g/mol. The molecule has 2 atom stereocenters. The number of hydrogen-bond acceptors (Lipinski definition) is 6. The molecular weight excluding hydrogens is 416 g/mol. The lowest BCUT2D eigenvalue weighted by Crippen LogP contribution is -2.45. The summed E-state index contributed by atoms with van der Waals surface area (Å²) in [6.07, 6.45) is 0.401. The Morgan fingerprint density at radius 1 is 1.34 bits per heavy atom. The molecule has 2 N–H and O–H groups in total. The van der Waals surface area contributed by atoms with E-state index in [1.54, 1.807) is 18.3 Å². The number of ether oxygens (including phenoxy) is 1. The van der Waals surface area contributed by atoms with Crippen LogP contribution in [0.2, 0.25) is 0 Å². The van der Waals surface area contributed by atoms with Crippen molar-refractivity contribution in [2.24, 2.45) is 10.8 Å². The van der Waals surface area contributed by atoms with E-state index in [1.807, 2.05) is 19.1 Å². The van der Waals surface area contributed by atoms with Crippen LogP contribution in [0.5, 0.6) is 0 Å². The molecule has 9 heteroatoms. The average Bonchev–Trinajstić information content (AvgIpc) is 3.31. The Labute approximate surface area is 176 Å². The number of rotatable bonds is 7. The fraction of sp³-hybridized carbons (Fsp3) is 0.400. The molecule has 1 aliphatic heterocycles. The lowest BCUT2D eigenvalue weighted by Gasteiger charge is -2.35. The fourth-order valence-electron chi connectivity index (χ4n) is 3.09. The molecule has 2 aromatic rings. The van der Waals surface area contributed by atoms with Gasteiger partial charge >= 0.3 is 0 Å². The van der Waals surface area contributed by atoms with Gasteiger partial charge in [0, 0.05) is 22.4 Å². The molecule has 0 aliphatic carbocycles. The minimum Gasteiger partial charge on any atom is -0.372 e. The Balaban J connectivity index is 2.15. The SMILES string of the molecule is CO[C@@H](C)C(=O)N1N=C(c2cc(F)ccc2F)SC1(CCCN)c1ccc(C)s1. The highest BCUT2D eigenvalue weighted by atomic mass is 32.2. The number of thioether (sulfide) groups is 1. The molecule has 1 aliphatic rings. The van der Waals surface area contributed by atoms with Crippen molar-refractivity contribution in [3.8, 4) is 0 Å². The summed E-state index contributed by atoms with van der Waals surface area (Å²) in [6, 6.07) is 7.13. The maximum atomic E-state index is 14.5. The molecule has 1 aromatic carbocycles. The van der Waals surface area contributed by atoms with E-state index < -0.39 is 22.6 Å². The number of halogens is 2. The number of thiophene rings is 1. The first-order chi connectivity index (χ1) is 13.8. The third-order valence-corrected chi connectivity index (χ3v) is 7.42. The number of nitrogens with zero attached hydrogens (tertiary/aromatic N) is 2. The Morgan fingerprint density at radius 2 is 2.10 bits per heavy atom. The van der Waals surface area contributed by atoms with Crippen molar-refractivity contribution in [2.45, 2.75) is 37.7 Å². The molecule has 1 unspecified atom stereocenters. The van der Waals surface area contributed by atoms with Crippen molar-refractivity contribution < 1.29 is 18.3 Å². The van der Waals surface area contributed by atoms with Crippen LogP contribution in [0.25, 0.3) is 0 Å². The Hall–Kier alpha value is -1.81. The van der Waals surface area contributed by atoms with Crippen LogP contribution >= 0.6 is 23.1 Å². The van der Waals surface area contributed by atoms with E-state index in [-0.39, 0.29) is 16.5 Å². The summed E-state index contributed by atoms with van der Waals surface area (Å²) in [5.41, 5.74) is 5.79. The fourth-order valence-corrected chi connectivity index (χ4v) is 5.64. The number of carbonyl (C=O) groups is 1. The van der Waals surface area contributed by atoms with Gasteiger partial charge in [-0.25, -0.2) is 13.8 Å². The largest absolute Gasteiger partial charge is 0.372 e. The molecule has 5 nitrogen and oxygen atoms in total. The topological polar surface area (TPSA) is 67.9 Å². The smallest absolute Gasteiger partial charge is 0.273 e. The summed E-state index contributed by atoms with van der Waals surface area (Å²) >= 11 is 2.79. The van der Waals surface area contributed by atoms with Gasteiger partial charge in [-0.15, -0.1) is 11.3 Å². The molecule has 0 bridgehead atoms. The van der Waals surface area contributed by atoms with Gasteiger partial charge in [-0.2, -0.15) is 5.10 Å². The maximum absolute atomic E-state index is 14.5. The average molecular weight is 440 g/mol. The summed E-state index contributed by atoms with van der Waals surface area (Å²) in [5, 5.41) is 6.08. The second-order valence-electron chi connectivity index (χ2n) is 6.75. The Bertz CT molecular complexity index is 934. The zero-order chi connectivity index (χ0) is 21.2. The number of hydrogen-bond donors (Lipinski definition) is 1. The number of carbonyl (C=O) groups excluding carboxylic acids is 1. The van der Waals surface area contributed by atoms with E-state index in [4.69, 9.17) is 10.5 Å². The second kappa shape index (κ2) is 8.91. The van der Waals surface area contributed by atoms with E-state index >= 15 is 0 Å². The first-order valence-electron chi connectivity index (χ1n) is 9.19. The molecular formula is C20H23F2N3O2S2. The van der Waals surface area contributed by atoms with Crippen LogP contribution in [-0.4, -0.2) is 35.7 Å². The van der Waals surface area contributed by atoms with Gasteiger partial charge in [0.25, 0.3) is 5.91 Å². The lowest BCUT2D eigenvalue weighted by atomic mass is 10.1. The Morgan fingerprint density at radius 3 is 2.72 bits per heavy atom. The lowest BCUT2D eigenvalue weighted by molar-refractivity contribution is -0.144. The van der Waals surface area contributed by atoms with Gasteiger partial charge in [-0.3, -0.25) is 4.79 Å². The first kappa shape index (κ1) is 21.9. The van der Waals surface area contributed by atoms with E-state index in [2.05, 4.69) is 5.10 Å². The molecule has 1 amide bonds. The maximum Gasteiger partial charge on any atom is 0.273 e. The zero-order valence-electron chi connectivity index (χ0n) is 16.4. The summed E-state index contributed by atoms with van der Waals surface area (Å²) in [6.45, 7) is 4.04. The van der Waals surface area contributed by atoms with Crippen molar-refractivity contribution in [1.29, 1.82) is 0 Å². The molecule has 29 heavy (non-hydrogen) atoms. The number of methoxy groups -OCH3 is 1. The molecule has 0 saturated carbocycles. The standard InChI is InChI=1S/C20H23F2N3O2S2/c1-12-5-8-17(28-12)20(9-4-10-23)25(19(26)13(2)27-3)24-18(29-20)15-11-14(21)6-7-16(15)22/h5-8,11,13H,4,9-10,23H2,1-3H3/t13-,20?/m0/s1. The molecule has 0 fully saturated rings. The van der Waals surface area contributed by atoms with Crippen molar-refractivity contribution in [3.63, 3.8) is 0 Å². The van der Waals surface area contributed by atoms with Gasteiger partial charge in [0.15, 0.2) is 4.87 Å². The quantitative estimate of drug-likeness (QED) is 0.702. The van der Waals surface area contributed by atoms with Gasteiger partial charge in [-0.05, 0) is 63.6 Å². The minimum absolute atomic E-state index is 0.0285. The molecule has 0 radical (unpaired) electrons. The van der Waals surface area contributed by atoms with Crippen molar-refractivity contribution in [2.75, 3.05) is 13.7 Å². The number of nitrogens with two attached hydrogens (primary N) is 1. The van der Waals surface area contributed by atoms with Crippen LogP contribution in [-0.2, 0) is 14.4 Å². The third kappa shape index (κ3) is 4.23. The predicted molar refractivity (Wildman–Crippen MR) is 113 cm³/mol. The van der Waals surface area contributed by atoms with Gasteiger partial charge < -0.3 is 10.5 Å². The van der Waals surface area contributed by atoms with Gasteiger partial charge in [0.2, 0.25) is 0 Å². The van der Waals surface area contributed by atoms with Crippen LogP contribution < -0.4 is 5.73 Å². The van der Waals surface area contributed by atoms with E-state index in [0.29, 0.717) is 19.4 Å². The summed E-state index contributed by atoms with van der Waals surface area (Å²) in [7, 11) is 1.44. The number of hydrazone groups is 1. The third-order valence-electron chi connectivity index (χ3n) is 4.71. The highest BCUT2D eigenvalue weighted by Crippen LogP contribution is 2.52. The highest BCUT2D eigenvalue weighted by Gasteiger charge is 2.50. The summed E-state index contributed by atoms with van der Waals surface area (Å²) in [5.74, 6) is -1.52. The van der Waals surface area contributed by atoms with Crippen molar-refractivity contribution >= 4 is 34.0 Å². The minimum atomic E-state index is -0.893. The summed E-state index contributed by atoms with van der Waals surface area (Å²) < 4.78 is 33.5. The van der Waals surface area contributed by atoms with Gasteiger partial charge in [0.05, 0.1) is 0 Å². The highest BCUT2D eigenvalue weighted by molar-refractivity contribution is 8.15. The van der Waals surface area contributed by atoms with Gasteiger partial charge in [-0.1, -0.05) is 11.8 Å². The van der Waals surface area contributed by atoms with Crippen molar-refractivity contribution in [3.05, 3.63) is 57.3 Å². The van der Waals surface area contributed by atoms with Crippen molar-refractivity contribution in [1.82, 2.24) is 5.01 Å². The van der Waals surface area contributed by atoms with Crippen LogP contribution in [0.4, 0.5) is 8.78 Å². The van der Waals surface area contributed by atoms with E-state index in [0.717, 1.165) is 28.0 Å². The molecule has 0 spiro atoms. The number of amides is 1. The molecule has 1 aromatic heterocycles. The molecule has 2 heterocycles. The second-order valence-corrected chi connectivity index (χ2v) is 9.30. The molecule has 0 saturated heterocycles. The van der Waals surface area contributed by atoms with Crippen LogP contribution in [0.3, 0.4) is 0 Å². The van der Waals surface area contributed by atoms with Crippen LogP contribution in [0.15, 0.2) is 35.4 Å². The van der Waals surface area contributed by atoms with Crippen LogP contribution in [0, 0.1) is 18.6 Å². The number of aryl methyl sites for hydroxylation is 1.